The van der Waals surface area contributed by atoms with Crippen LogP contribution in [0, 0.1) is 18.6 Å². The van der Waals surface area contributed by atoms with Gasteiger partial charge in [0.1, 0.15) is 11.6 Å². The summed E-state index contributed by atoms with van der Waals surface area (Å²) in [6.07, 6.45) is 0. The minimum Gasteiger partial charge on any atom is -0.207 e. The Hall–Kier alpha value is -0.740. The van der Waals surface area contributed by atoms with Crippen LogP contribution in [0.1, 0.15) is 21.5 Å². The van der Waals surface area contributed by atoms with Gasteiger partial charge in [0.05, 0.1) is 4.83 Å². The molecule has 1 unspecified atom stereocenters. The van der Waals surface area contributed by atoms with E-state index < -0.39 is 11.6 Å². The van der Waals surface area contributed by atoms with Crippen molar-refractivity contribution in [3.63, 3.8) is 0 Å². The fraction of sp³-hybridized carbons (Fsp3) is 0.143. The molecular formula is C14H10Br2F2. The second-order valence-electron chi connectivity index (χ2n) is 4.04. The van der Waals surface area contributed by atoms with E-state index in [2.05, 4.69) is 31.9 Å². The quantitative estimate of drug-likeness (QED) is 0.606. The number of aryl methyl sites for hydroxylation is 1. The lowest BCUT2D eigenvalue weighted by atomic mass is 10.0. The van der Waals surface area contributed by atoms with Crippen molar-refractivity contribution >= 4 is 31.9 Å². The summed E-state index contributed by atoms with van der Waals surface area (Å²) in [4.78, 5) is -0.287. The van der Waals surface area contributed by atoms with Crippen molar-refractivity contribution in [1.82, 2.24) is 0 Å². The van der Waals surface area contributed by atoms with Gasteiger partial charge in [-0.15, -0.1) is 0 Å². The third-order valence-corrected chi connectivity index (χ3v) is 4.62. The Bertz CT molecular complexity index is 582. The van der Waals surface area contributed by atoms with Crippen molar-refractivity contribution in [3.8, 4) is 0 Å². The first-order chi connectivity index (χ1) is 8.49. The summed E-state index contributed by atoms with van der Waals surface area (Å²) in [7, 11) is 0. The highest BCUT2D eigenvalue weighted by Crippen LogP contribution is 2.34. The lowest BCUT2D eigenvalue weighted by Gasteiger charge is -2.13. The maximum Gasteiger partial charge on any atom is 0.130 e. The van der Waals surface area contributed by atoms with E-state index in [1.54, 1.807) is 0 Å². The smallest absolute Gasteiger partial charge is 0.130 e. The van der Waals surface area contributed by atoms with Crippen LogP contribution in [0.2, 0.25) is 0 Å². The van der Waals surface area contributed by atoms with Gasteiger partial charge in [0.15, 0.2) is 0 Å². The highest BCUT2D eigenvalue weighted by Gasteiger charge is 2.15. The van der Waals surface area contributed by atoms with Crippen LogP contribution in [0.4, 0.5) is 8.78 Å². The van der Waals surface area contributed by atoms with E-state index in [1.807, 2.05) is 25.1 Å². The summed E-state index contributed by atoms with van der Waals surface area (Å²) in [5.74, 6) is -1.11. The van der Waals surface area contributed by atoms with Gasteiger partial charge in [-0.1, -0.05) is 50.1 Å². The molecular weight excluding hydrogens is 366 g/mol. The summed E-state index contributed by atoms with van der Waals surface area (Å²) in [6.45, 7) is 1.97. The molecule has 0 nitrogen and oxygen atoms in total. The minimum absolute atomic E-state index is 0.287. The molecule has 0 aromatic heterocycles. The van der Waals surface area contributed by atoms with Gasteiger partial charge in [-0.25, -0.2) is 8.78 Å². The third-order valence-electron chi connectivity index (χ3n) is 2.71. The van der Waals surface area contributed by atoms with E-state index in [9.17, 15) is 8.78 Å². The van der Waals surface area contributed by atoms with E-state index in [-0.39, 0.29) is 4.83 Å². The van der Waals surface area contributed by atoms with Gasteiger partial charge in [0.25, 0.3) is 0 Å². The van der Waals surface area contributed by atoms with Gasteiger partial charge in [-0.2, -0.15) is 0 Å². The predicted molar refractivity (Wildman–Crippen MR) is 76.0 cm³/mol. The fourth-order valence-corrected chi connectivity index (χ4v) is 2.61. The molecule has 2 aromatic rings. The molecule has 0 aliphatic carbocycles. The molecule has 0 aliphatic rings. The highest BCUT2D eigenvalue weighted by molar-refractivity contribution is 9.10. The van der Waals surface area contributed by atoms with Gasteiger partial charge in [-0.3, -0.25) is 0 Å². The largest absolute Gasteiger partial charge is 0.207 e. The Balaban J connectivity index is 2.41. The van der Waals surface area contributed by atoms with Crippen LogP contribution < -0.4 is 0 Å². The monoisotopic (exact) mass is 374 g/mol. The van der Waals surface area contributed by atoms with Crippen LogP contribution in [-0.4, -0.2) is 0 Å². The van der Waals surface area contributed by atoms with Gasteiger partial charge >= 0.3 is 0 Å². The maximum absolute atomic E-state index is 13.7. The minimum atomic E-state index is -0.567. The van der Waals surface area contributed by atoms with Crippen LogP contribution in [0.25, 0.3) is 0 Å². The number of alkyl halides is 1. The molecule has 0 N–H and O–H groups in total. The first kappa shape index (κ1) is 13.7. The second kappa shape index (κ2) is 5.49. The molecule has 0 aliphatic heterocycles. The van der Waals surface area contributed by atoms with Crippen molar-refractivity contribution < 1.29 is 8.78 Å². The maximum atomic E-state index is 13.7. The molecule has 1 atom stereocenters. The molecule has 0 bridgehead atoms. The first-order valence-electron chi connectivity index (χ1n) is 5.34. The fourth-order valence-electron chi connectivity index (χ4n) is 1.71. The Morgan fingerprint density at radius 2 is 1.78 bits per heavy atom. The van der Waals surface area contributed by atoms with Gasteiger partial charge < -0.3 is 0 Å². The molecule has 0 heterocycles. The number of benzene rings is 2. The van der Waals surface area contributed by atoms with Crippen molar-refractivity contribution in [2.75, 3.05) is 0 Å². The Labute approximate surface area is 121 Å². The van der Waals surface area contributed by atoms with Crippen LogP contribution in [0.15, 0.2) is 40.9 Å². The molecule has 0 amide bonds. The van der Waals surface area contributed by atoms with Crippen molar-refractivity contribution in [3.05, 3.63) is 69.2 Å². The van der Waals surface area contributed by atoms with Crippen LogP contribution >= 0.6 is 31.9 Å². The van der Waals surface area contributed by atoms with Crippen molar-refractivity contribution in [1.29, 1.82) is 0 Å². The lowest BCUT2D eigenvalue weighted by Crippen LogP contribution is -1.98. The van der Waals surface area contributed by atoms with Crippen molar-refractivity contribution in [2.45, 2.75) is 11.8 Å². The molecule has 0 radical (unpaired) electrons. The topological polar surface area (TPSA) is 0 Å². The van der Waals surface area contributed by atoms with Gasteiger partial charge in [0, 0.05) is 16.1 Å². The first-order valence-corrected chi connectivity index (χ1v) is 7.05. The second-order valence-corrected chi connectivity index (χ2v) is 5.81. The average Bonchev–Trinajstić information content (AvgIpc) is 2.32. The number of halogens is 4. The zero-order valence-electron chi connectivity index (χ0n) is 9.55. The summed E-state index contributed by atoms with van der Waals surface area (Å²) in [5.41, 5.74) is 2.43. The molecule has 94 valence electrons. The van der Waals surface area contributed by atoms with E-state index in [4.69, 9.17) is 0 Å². The average molecular weight is 376 g/mol. The van der Waals surface area contributed by atoms with E-state index in [0.717, 1.165) is 21.7 Å². The van der Waals surface area contributed by atoms with Crippen LogP contribution in [0.3, 0.4) is 0 Å². The standard InChI is InChI=1S/C14H10Br2F2/c1-8-6-9(2-5-12(8)15)14(16)11-4-3-10(17)7-13(11)18/h2-7,14H,1H3. The molecule has 0 saturated heterocycles. The number of hydrogen-bond acceptors (Lipinski definition) is 0. The Kier molecular flexibility index (Phi) is 4.17. The summed E-state index contributed by atoms with van der Waals surface area (Å²) in [5, 5.41) is 0. The zero-order valence-corrected chi connectivity index (χ0v) is 12.7. The van der Waals surface area contributed by atoms with E-state index in [0.29, 0.717) is 5.56 Å². The van der Waals surface area contributed by atoms with Crippen molar-refractivity contribution in [2.24, 2.45) is 0 Å². The molecule has 4 heteroatoms. The number of hydrogen-bond donors (Lipinski definition) is 0. The SMILES string of the molecule is Cc1cc(C(Br)c2ccc(F)cc2F)ccc1Br. The summed E-state index contributed by atoms with van der Waals surface area (Å²) >= 11 is 6.87. The molecule has 2 aromatic carbocycles. The molecule has 2 rings (SSSR count). The lowest BCUT2D eigenvalue weighted by molar-refractivity contribution is 0.574. The molecule has 0 fully saturated rings. The Morgan fingerprint density at radius 1 is 1.06 bits per heavy atom. The molecule has 18 heavy (non-hydrogen) atoms. The Morgan fingerprint density at radius 3 is 2.39 bits per heavy atom. The number of rotatable bonds is 2. The summed E-state index contributed by atoms with van der Waals surface area (Å²) in [6, 6.07) is 9.40. The van der Waals surface area contributed by atoms with Gasteiger partial charge in [-0.05, 0) is 30.2 Å². The predicted octanol–water partition coefficient (Wildman–Crippen LogP) is 5.52. The van der Waals surface area contributed by atoms with E-state index in [1.165, 1.54) is 12.1 Å². The molecule has 0 spiro atoms. The summed E-state index contributed by atoms with van der Waals surface area (Å²) < 4.78 is 27.6. The van der Waals surface area contributed by atoms with Crippen LogP contribution in [-0.2, 0) is 0 Å². The van der Waals surface area contributed by atoms with Gasteiger partial charge in [0.2, 0.25) is 0 Å². The normalized spacial score (nSPS) is 12.5. The third kappa shape index (κ3) is 2.81. The highest BCUT2D eigenvalue weighted by atomic mass is 79.9. The zero-order chi connectivity index (χ0) is 13.3. The van der Waals surface area contributed by atoms with E-state index >= 15 is 0 Å². The molecule has 0 saturated carbocycles. The van der Waals surface area contributed by atoms with Crippen LogP contribution in [0.5, 0.6) is 0 Å².